The minimum absolute atomic E-state index is 0.463. The predicted molar refractivity (Wildman–Crippen MR) is 52.5 cm³/mol. The van der Waals surface area contributed by atoms with Crippen molar-refractivity contribution < 1.29 is 0 Å². The van der Waals surface area contributed by atoms with E-state index >= 15 is 0 Å². The summed E-state index contributed by atoms with van der Waals surface area (Å²) in [6.45, 7) is 6.14. The Morgan fingerprint density at radius 1 is 1.67 bits per heavy atom. The number of hydrogen-bond acceptors (Lipinski definition) is 2. The number of nitrogens with two attached hydrogens (primary N) is 1. The zero-order valence-electron chi connectivity index (χ0n) is 7.97. The van der Waals surface area contributed by atoms with Crippen molar-refractivity contribution in [3.05, 3.63) is 12.2 Å². The van der Waals surface area contributed by atoms with Crippen LogP contribution < -0.4 is 11.3 Å². The van der Waals surface area contributed by atoms with Gasteiger partial charge in [-0.2, -0.15) is 0 Å². The summed E-state index contributed by atoms with van der Waals surface area (Å²) in [7, 11) is 0. The minimum Gasteiger partial charge on any atom is -0.271 e. The second kappa shape index (κ2) is 4.63. The fraction of sp³-hybridized carbons (Fsp3) is 0.800. The third kappa shape index (κ3) is 3.37. The van der Waals surface area contributed by atoms with Crippen LogP contribution in [-0.4, -0.2) is 6.04 Å². The summed E-state index contributed by atoms with van der Waals surface area (Å²) in [5.74, 6) is 6.40. The molecule has 0 heterocycles. The van der Waals surface area contributed by atoms with Crippen molar-refractivity contribution >= 4 is 0 Å². The Morgan fingerprint density at radius 3 is 2.75 bits per heavy atom. The van der Waals surface area contributed by atoms with Crippen LogP contribution >= 0.6 is 0 Å². The van der Waals surface area contributed by atoms with Gasteiger partial charge >= 0.3 is 0 Å². The van der Waals surface area contributed by atoms with Gasteiger partial charge in [-0.3, -0.25) is 11.3 Å². The molecule has 70 valence electrons. The van der Waals surface area contributed by atoms with Crippen molar-refractivity contribution in [2.45, 2.75) is 45.1 Å². The molecule has 0 aromatic carbocycles. The molecule has 0 radical (unpaired) electrons. The second-order valence-corrected chi connectivity index (χ2v) is 3.85. The smallest absolute Gasteiger partial charge is 0.0250 e. The van der Waals surface area contributed by atoms with Gasteiger partial charge in [-0.1, -0.05) is 31.9 Å². The first-order valence-electron chi connectivity index (χ1n) is 4.89. The van der Waals surface area contributed by atoms with E-state index in [-0.39, 0.29) is 0 Å². The van der Waals surface area contributed by atoms with Crippen LogP contribution in [0.4, 0.5) is 0 Å². The van der Waals surface area contributed by atoms with E-state index in [4.69, 9.17) is 5.84 Å². The fourth-order valence-corrected chi connectivity index (χ4v) is 1.46. The molecule has 0 bridgehead atoms. The molecule has 0 spiro atoms. The highest BCUT2D eigenvalue weighted by Gasteiger charge is 2.24. The molecule has 2 nitrogen and oxygen atoms in total. The Morgan fingerprint density at radius 2 is 2.33 bits per heavy atom. The lowest BCUT2D eigenvalue weighted by Crippen LogP contribution is -2.35. The number of nitrogens with one attached hydrogen (secondary N) is 1. The van der Waals surface area contributed by atoms with Gasteiger partial charge in [0.25, 0.3) is 0 Å². The molecule has 1 fully saturated rings. The van der Waals surface area contributed by atoms with Crippen LogP contribution in [0.3, 0.4) is 0 Å². The zero-order valence-corrected chi connectivity index (χ0v) is 7.97. The maximum absolute atomic E-state index is 5.46. The zero-order chi connectivity index (χ0) is 8.97. The lowest BCUT2D eigenvalue weighted by molar-refractivity contribution is 0.462. The average Bonchev–Trinajstić information content (AvgIpc) is 2.86. The Hall–Kier alpha value is -0.340. The maximum Gasteiger partial charge on any atom is 0.0250 e. The van der Waals surface area contributed by atoms with Gasteiger partial charge in [-0.25, -0.2) is 0 Å². The Kier molecular flexibility index (Phi) is 3.76. The highest BCUT2D eigenvalue weighted by atomic mass is 15.2. The van der Waals surface area contributed by atoms with Gasteiger partial charge in [0.15, 0.2) is 0 Å². The van der Waals surface area contributed by atoms with Gasteiger partial charge in [0.2, 0.25) is 0 Å². The largest absolute Gasteiger partial charge is 0.271 e. The molecular formula is C10H20N2. The topological polar surface area (TPSA) is 38.0 Å². The SMILES string of the molecule is C=C(CC)CC(CC1CC1)NN. The van der Waals surface area contributed by atoms with Gasteiger partial charge in [0, 0.05) is 6.04 Å². The quantitative estimate of drug-likeness (QED) is 0.361. The fourth-order valence-electron chi connectivity index (χ4n) is 1.46. The van der Waals surface area contributed by atoms with E-state index in [0.717, 1.165) is 18.8 Å². The molecule has 3 N–H and O–H groups in total. The van der Waals surface area contributed by atoms with Gasteiger partial charge in [-0.05, 0) is 25.2 Å². The molecule has 1 atom stereocenters. The molecule has 2 heteroatoms. The summed E-state index contributed by atoms with van der Waals surface area (Å²) < 4.78 is 0. The van der Waals surface area contributed by atoms with Crippen molar-refractivity contribution in [3.63, 3.8) is 0 Å². The molecule has 0 amide bonds. The molecule has 1 aliphatic rings. The Labute approximate surface area is 75.2 Å². The molecule has 12 heavy (non-hydrogen) atoms. The number of hydrogen-bond donors (Lipinski definition) is 2. The van der Waals surface area contributed by atoms with Crippen LogP contribution in [0.5, 0.6) is 0 Å². The molecule has 0 aromatic rings. The minimum atomic E-state index is 0.463. The van der Waals surface area contributed by atoms with E-state index in [0.29, 0.717) is 6.04 Å². The van der Waals surface area contributed by atoms with E-state index in [1.807, 2.05) is 0 Å². The van der Waals surface area contributed by atoms with E-state index in [9.17, 15) is 0 Å². The first kappa shape index (κ1) is 9.75. The van der Waals surface area contributed by atoms with Gasteiger partial charge in [0.1, 0.15) is 0 Å². The summed E-state index contributed by atoms with van der Waals surface area (Å²) in [5.41, 5.74) is 4.18. The summed E-state index contributed by atoms with van der Waals surface area (Å²) in [6.07, 6.45) is 6.15. The normalized spacial score (nSPS) is 19.2. The summed E-state index contributed by atoms with van der Waals surface area (Å²) in [6, 6.07) is 0.463. The summed E-state index contributed by atoms with van der Waals surface area (Å²) >= 11 is 0. The Bertz CT molecular complexity index is 150. The van der Waals surface area contributed by atoms with Crippen LogP contribution in [0, 0.1) is 5.92 Å². The first-order chi connectivity index (χ1) is 5.76. The maximum atomic E-state index is 5.46. The summed E-state index contributed by atoms with van der Waals surface area (Å²) in [4.78, 5) is 0. The van der Waals surface area contributed by atoms with E-state index in [2.05, 4.69) is 18.9 Å². The second-order valence-electron chi connectivity index (χ2n) is 3.85. The molecule has 0 saturated heterocycles. The molecular weight excluding hydrogens is 148 g/mol. The van der Waals surface area contributed by atoms with Crippen molar-refractivity contribution in [2.75, 3.05) is 0 Å². The van der Waals surface area contributed by atoms with Crippen molar-refractivity contribution in [3.8, 4) is 0 Å². The number of rotatable bonds is 6. The predicted octanol–water partition coefficient (Wildman–Crippen LogP) is 1.97. The van der Waals surface area contributed by atoms with E-state index in [1.54, 1.807) is 0 Å². The van der Waals surface area contributed by atoms with Crippen molar-refractivity contribution in [1.82, 2.24) is 5.43 Å². The third-order valence-electron chi connectivity index (χ3n) is 2.59. The molecule has 1 saturated carbocycles. The molecule has 0 aromatic heterocycles. The molecule has 1 unspecified atom stereocenters. The van der Waals surface area contributed by atoms with Crippen LogP contribution in [0.1, 0.15) is 39.0 Å². The molecule has 0 aliphatic heterocycles. The van der Waals surface area contributed by atoms with Crippen molar-refractivity contribution in [1.29, 1.82) is 0 Å². The first-order valence-corrected chi connectivity index (χ1v) is 4.89. The summed E-state index contributed by atoms with van der Waals surface area (Å²) in [5, 5.41) is 0. The highest BCUT2D eigenvalue weighted by Crippen LogP contribution is 2.34. The molecule has 1 rings (SSSR count). The standard InChI is InChI=1S/C10H20N2/c1-3-8(2)6-10(12-11)7-9-4-5-9/h9-10,12H,2-7,11H2,1H3. The van der Waals surface area contributed by atoms with E-state index in [1.165, 1.54) is 24.8 Å². The van der Waals surface area contributed by atoms with Gasteiger partial charge in [-0.15, -0.1) is 0 Å². The van der Waals surface area contributed by atoms with Gasteiger partial charge < -0.3 is 0 Å². The van der Waals surface area contributed by atoms with Crippen LogP contribution in [0.15, 0.2) is 12.2 Å². The number of hydrazine groups is 1. The van der Waals surface area contributed by atoms with Crippen LogP contribution in [0.2, 0.25) is 0 Å². The van der Waals surface area contributed by atoms with Crippen LogP contribution in [0.25, 0.3) is 0 Å². The average molecular weight is 168 g/mol. The van der Waals surface area contributed by atoms with E-state index < -0.39 is 0 Å². The monoisotopic (exact) mass is 168 g/mol. The third-order valence-corrected chi connectivity index (χ3v) is 2.59. The van der Waals surface area contributed by atoms with Crippen molar-refractivity contribution in [2.24, 2.45) is 11.8 Å². The highest BCUT2D eigenvalue weighted by molar-refractivity contribution is 4.97. The lowest BCUT2D eigenvalue weighted by Gasteiger charge is -2.15. The van der Waals surface area contributed by atoms with Gasteiger partial charge in [0.05, 0.1) is 0 Å². The lowest BCUT2D eigenvalue weighted by atomic mass is 10.0. The molecule has 1 aliphatic carbocycles. The van der Waals surface area contributed by atoms with Crippen LogP contribution in [-0.2, 0) is 0 Å². The Balaban J connectivity index is 2.18.